The van der Waals surface area contributed by atoms with Gasteiger partial charge in [-0.1, -0.05) is 47.1 Å². The molecule has 0 amide bonds. The Bertz CT molecular complexity index is 159. The number of hydrogen-bond donors (Lipinski definition) is 0. The molecule has 0 saturated carbocycles. The number of carbonyl (C=O) groups is 1. The van der Waals surface area contributed by atoms with Gasteiger partial charge in [0.1, 0.15) is 0 Å². The van der Waals surface area contributed by atoms with Crippen LogP contribution in [0.4, 0.5) is 0 Å². The Morgan fingerprint density at radius 1 is 1.29 bits per heavy atom. The number of allylic oxidation sites excluding steroid dienone is 2. The van der Waals surface area contributed by atoms with E-state index in [1.165, 1.54) is 12.8 Å². The third kappa shape index (κ3) is 11.4. The highest BCUT2D eigenvalue weighted by Gasteiger charge is 2.03. The SMILES string of the molecule is CC.CC[C@H](C)C[C@@H](C)/C=C/C(C)=O. The summed E-state index contributed by atoms with van der Waals surface area (Å²) < 4.78 is 0. The normalized spacial score (nSPS) is 14.4. The summed E-state index contributed by atoms with van der Waals surface area (Å²) in [5.74, 6) is 1.44. The van der Waals surface area contributed by atoms with E-state index in [0.29, 0.717) is 5.92 Å². The molecule has 0 aliphatic rings. The molecule has 1 heteroatoms. The van der Waals surface area contributed by atoms with Crippen molar-refractivity contribution in [2.45, 2.75) is 54.4 Å². The van der Waals surface area contributed by atoms with Gasteiger partial charge in [-0.05, 0) is 31.3 Å². The van der Waals surface area contributed by atoms with Gasteiger partial charge in [0, 0.05) is 0 Å². The van der Waals surface area contributed by atoms with Crippen LogP contribution in [-0.4, -0.2) is 5.78 Å². The molecule has 0 heterocycles. The molecular formula is C13H26O. The van der Waals surface area contributed by atoms with Crippen molar-refractivity contribution >= 4 is 5.78 Å². The minimum absolute atomic E-state index is 0.144. The second-order valence-corrected chi connectivity index (χ2v) is 3.70. The average molecular weight is 198 g/mol. The second-order valence-electron chi connectivity index (χ2n) is 3.70. The molecule has 0 rings (SSSR count). The lowest BCUT2D eigenvalue weighted by Crippen LogP contribution is -1.99. The third-order valence-corrected chi connectivity index (χ3v) is 2.13. The lowest BCUT2D eigenvalue weighted by Gasteiger charge is -2.11. The Balaban J connectivity index is 0. The van der Waals surface area contributed by atoms with Crippen LogP contribution in [0, 0.1) is 11.8 Å². The van der Waals surface area contributed by atoms with Gasteiger partial charge in [0.25, 0.3) is 0 Å². The average Bonchev–Trinajstić information content (AvgIpc) is 2.17. The molecule has 2 atom stereocenters. The highest BCUT2D eigenvalue weighted by Crippen LogP contribution is 2.15. The first kappa shape index (κ1) is 15.9. The molecule has 14 heavy (non-hydrogen) atoms. The standard InChI is InChI=1S/C11H20O.C2H6/c1-5-9(2)8-10(3)6-7-11(4)12;1-2/h6-7,9-10H,5,8H2,1-4H3;1-2H3/b7-6+;/t9-,10-;/m0./s1. The first-order valence-corrected chi connectivity index (χ1v) is 5.75. The zero-order chi connectivity index (χ0) is 11.6. The van der Waals surface area contributed by atoms with E-state index < -0.39 is 0 Å². The quantitative estimate of drug-likeness (QED) is 0.604. The van der Waals surface area contributed by atoms with E-state index in [2.05, 4.69) is 20.8 Å². The molecule has 0 spiro atoms. The number of carbonyl (C=O) groups excluding carboxylic acids is 1. The van der Waals surface area contributed by atoms with Crippen molar-refractivity contribution in [1.82, 2.24) is 0 Å². The molecule has 0 radical (unpaired) electrons. The predicted octanol–water partition coefficient (Wildman–Crippen LogP) is 4.23. The van der Waals surface area contributed by atoms with Gasteiger partial charge in [0.2, 0.25) is 0 Å². The summed E-state index contributed by atoms with van der Waals surface area (Å²) in [5.41, 5.74) is 0. The predicted molar refractivity (Wildman–Crippen MR) is 64.4 cm³/mol. The molecule has 0 aliphatic heterocycles. The van der Waals surface area contributed by atoms with Crippen LogP contribution in [0.5, 0.6) is 0 Å². The van der Waals surface area contributed by atoms with E-state index >= 15 is 0 Å². The third-order valence-electron chi connectivity index (χ3n) is 2.13. The Kier molecular flexibility index (Phi) is 11.9. The van der Waals surface area contributed by atoms with Crippen molar-refractivity contribution in [2.24, 2.45) is 11.8 Å². The van der Waals surface area contributed by atoms with E-state index in [9.17, 15) is 4.79 Å². The van der Waals surface area contributed by atoms with Crippen molar-refractivity contribution in [3.8, 4) is 0 Å². The Labute approximate surface area is 89.6 Å². The van der Waals surface area contributed by atoms with Crippen LogP contribution in [0.15, 0.2) is 12.2 Å². The largest absolute Gasteiger partial charge is 0.295 e. The van der Waals surface area contributed by atoms with Crippen molar-refractivity contribution < 1.29 is 4.79 Å². The van der Waals surface area contributed by atoms with E-state index in [1.807, 2.05) is 19.9 Å². The maximum absolute atomic E-state index is 10.6. The minimum atomic E-state index is 0.144. The molecule has 0 fully saturated rings. The smallest absolute Gasteiger partial charge is 0.152 e. The van der Waals surface area contributed by atoms with Gasteiger partial charge < -0.3 is 0 Å². The van der Waals surface area contributed by atoms with Gasteiger partial charge in [-0.2, -0.15) is 0 Å². The van der Waals surface area contributed by atoms with E-state index in [1.54, 1.807) is 13.0 Å². The van der Waals surface area contributed by atoms with Crippen molar-refractivity contribution in [3.05, 3.63) is 12.2 Å². The Morgan fingerprint density at radius 2 is 1.79 bits per heavy atom. The van der Waals surface area contributed by atoms with Crippen LogP contribution >= 0.6 is 0 Å². The van der Waals surface area contributed by atoms with Crippen LogP contribution in [0.1, 0.15) is 54.4 Å². The Morgan fingerprint density at radius 3 is 2.14 bits per heavy atom. The molecule has 0 unspecified atom stereocenters. The van der Waals surface area contributed by atoms with Gasteiger partial charge in [0.05, 0.1) is 0 Å². The summed E-state index contributed by atoms with van der Waals surface area (Å²) in [6, 6.07) is 0. The fourth-order valence-electron chi connectivity index (χ4n) is 1.18. The molecule has 0 saturated heterocycles. The molecule has 0 aromatic rings. The lowest BCUT2D eigenvalue weighted by molar-refractivity contribution is -0.112. The van der Waals surface area contributed by atoms with Gasteiger partial charge in [-0.3, -0.25) is 4.79 Å². The van der Waals surface area contributed by atoms with Crippen LogP contribution in [0.25, 0.3) is 0 Å². The summed E-state index contributed by atoms with van der Waals surface area (Å²) in [4.78, 5) is 10.6. The molecule has 0 bridgehead atoms. The van der Waals surface area contributed by atoms with Crippen molar-refractivity contribution in [3.63, 3.8) is 0 Å². The van der Waals surface area contributed by atoms with E-state index in [0.717, 1.165) is 5.92 Å². The second kappa shape index (κ2) is 10.5. The first-order valence-electron chi connectivity index (χ1n) is 5.75. The summed E-state index contributed by atoms with van der Waals surface area (Å²) in [6.45, 7) is 12.2. The summed E-state index contributed by atoms with van der Waals surface area (Å²) in [7, 11) is 0. The molecule has 0 N–H and O–H groups in total. The van der Waals surface area contributed by atoms with Crippen LogP contribution < -0.4 is 0 Å². The first-order chi connectivity index (χ1) is 6.56. The summed E-state index contributed by atoms with van der Waals surface area (Å²) in [5, 5.41) is 0. The molecule has 0 aromatic carbocycles. The maximum atomic E-state index is 10.6. The van der Waals surface area contributed by atoms with Gasteiger partial charge in [0.15, 0.2) is 5.78 Å². The molecule has 0 aromatic heterocycles. The molecule has 0 aliphatic carbocycles. The van der Waals surface area contributed by atoms with E-state index in [4.69, 9.17) is 0 Å². The van der Waals surface area contributed by atoms with Gasteiger partial charge in [-0.25, -0.2) is 0 Å². The topological polar surface area (TPSA) is 17.1 Å². The van der Waals surface area contributed by atoms with Crippen molar-refractivity contribution in [2.75, 3.05) is 0 Å². The fraction of sp³-hybridized carbons (Fsp3) is 0.769. The van der Waals surface area contributed by atoms with Crippen molar-refractivity contribution in [1.29, 1.82) is 0 Å². The fourth-order valence-corrected chi connectivity index (χ4v) is 1.18. The highest BCUT2D eigenvalue weighted by molar-refractivity contribution is 5.87. The molecular weight excluding hydrogens is 172 g/mol. The lowest BCUT2D eigenvalue weighted by atomic mass is 9.95. The molecule has 1 nitrogen and oxygen atoms in total. The van der Waals surface area contributed by atoms with Crippen LogP contribution in [-0.2, 0) is 4.79 Å². The van der Waals surface area contributed by atoms with Gasteiger partial charge in [-0.15, -0.1) is 0 Å². The highest BCUT2D eigenvalue weighted by atomic mass is 16.1. The zero-order valence-corrected chi connectivity index (χ0v) is 10.6. The summed E-state index contributed by atoms with van der Waals surface area (Å²) in [6.07, 6.45) is 6.08. The number of ketones is 1. The number of rotatable bonds is 5. The van der Waals surface area contributed by atoms with Crippen LogP contribution in [0.2, 0.25) is 0 Å². The zero-order valence-electron chi connectivity index (χ0n) is 10.6. The number of hydrogen-bond acceptors (Lipinski definition) is 1. The van der Waals surface area contributed by atoms with Gasteiger partial charge >= 0.3 is 0 Å². The minimum Gasteiger partial charge on any atom is -0.295 e. The maximum Gasteiger partial charge on any atom is 0.152 e. The van der Waals surface area contributed by atoms with Crippen LogP contribution in [0.3, 0.4) is 0 Å². The molecule has 84 valence electrons. The monoisotopic (exact) mass is 198 g/mol. The van der Waals surface area contributed by atoms with E-state index in [-0.39, 0.29) is 5.78 Å². The summed E-state index contributed by atoms with van der Waals surface area (Å²) >= 11 is 0. The Hall–Kier alpha value is -0.590.